The number of carbonyl (C=O) groups is 2. The minimum absolute atomic E-state index is 0.0794. The van der Waals surface area contributed by atoms with Gasteiger partial charge in [0.2, 0.25) is 0 Å². The van der Waals surface area contributed by atoms with Gasteiger partial charge in [-0.1, -0.05) is 38.1 Å². The van der Waals surface area contributed by atoms with Crippen LogP contribution >= 0.6 is 12.2 Å². The van der Waals surface area contributed by atoms with Crippen LogP contribution in [-0.2, 0) is 16.0 Å². The van der Waals surface area contributed by atoms with Crippen LogP contribution in [0.2, 0.25) is 0 Å². The number of para-hydroxylation sites is 1. The van der Waals surface area contributed by atoms with Crippen molar-refractivity contribution in [1.29, 1.82) is 0 Å². The van der Waals surface area contributed by atoms with Gasteiger partial charge >= 0.3 is 0 Å². The Balaban J connectivity index is 1.80. The zero-order valence-electron chi connectivity index (χ0n) is 21.4. The number of nitrogens with one attached hydrogen (secondary N) is 1. The number of aryl methyl sites for hydroxylation is 2. The highest BCUT2D eigenvalue weighted by Gasteiger charge is 2.36. The van der Waals surface area contributed by atoms with E-state index in [1.54, 1.807) is 6.08 Å². The van der Waals surface area contributed by atoms with Crippen LogP contribution in [-0.4, -0.2) is 29.0 Å². The number of benzene rings is 2. The number of carbonyl (C=O) groups excluding carboxylic acids is 2. The Bertz CT molecular complexity index is 1290. The highest BCUT2D eigenvalue weighted by atomic mass is 32.1. The third-order valence-electron chi connectivity index (χ3n) is 6.83. The summed E-state index contributed by atoms with van der Waals surface area (Å²) in [6.07, 6.45) is 5.78. The molecule has 1 fully saturated rings. The average Bonchev–Trinajstić information content (AvgIpc) is 2.79. The lowest BCUT2D eigenvalue weighted by Gasteiger charge is -2.43. The molecule has 0 radical (unpaired) electrons. The molecule has 6 heteroatoms. The lowest BCUT2D eigenvalue weighted by molar-refractivity contribution is -0.122. The second-order valence-electron chi connectivity index (χ2n) is 9.80. The van der Waals surface area contributed by atoms with E-state index in [0.717, 1.165) is 41.6 Å². The van der Waals surface area contributed by atoms with Crippen molar-refractivity contribution in [3.8, 4) is 0 Å². The van der Waals surface area contributed by atoms with E-state index in [-0.39, 0.29) is 16.2 Å². The van der Waals surface area contributed by atoms with Crippen LogP contribution in [0.3, 0.4) is 0 Å². The van der Waals surface area contributed by atoms with Crippen molar-refractivity contribution < 1.29 is 9.59 Å². The number of fused-ring (bicyclic) bond motifs is 1. The number of hydrogen-bond acceptors (Lipinski definition) is 4. The topological polar surface area (TPSA) is 52.7 Å². The van der Waals surface area contributed by atoms with Gasteiger partial charge < -0.3 is 4.90 Å². The summed E-state index contributed by atoms with van der Waals surface area (Å²) in [6, 6.07) is 11.9. The maximum absolute atomic E-state index is 13.6. The van der Waals surface area contributed by atoms with Crippen LogP contribution < -0.4 is 15.1 Å². The Hall–Kier alpha value is -3.25. The quantitative estimate of drug-likeness (QED) is 0.329. The lowest BCUT2D eigenvalue weighted by atomic mass is 9.86. The van der Waals surface area contributed by atoms with Crippen molar-refractivity contribution in [3.63, 3.8) is 0 Å². The van der Waals surface area contributed by atoms with E-state index in [1.165, 1.54) is 16.2 Å². The minimum atomic E-state index is -0.469. The van der Waals surface area contributed by atoms with E-state index >= 15 is 0 Å². The van der Waals surface area contributed by atoms with Crippen LogP contribution in [0.4, 0.5) is 11.4 Å². The van der Waals surface area contributed by atoms with Gasteiger partial charge in [-0.25, -0.2) is 0 Å². The van der Waals surface area contributed by atoms with Crippen LogP contribution in [0.5, 0.6) is 0 Å². The van der Waals surface area contributed by atoms with Gasteiger partial charge in [-0.2, -0.15) is 0 Å². The molecular weight excluding hydrogens is 454 g/mol. The van der Waals surface area contributed by atoms with E-state index in [0.29, 0.717) is 5.69 Å². The Kier molecular flexibility index (Phi) is 6.69. The summed E-state index contributed by atoms with van der Waals surface area (Å²) < 4.78 is 0. The molecule has 35 heavy (non-hydrogen) atoms. The van der Waals surface area contributed by atoms with Gasteiger partial charge in [-0.15, -0.1) is 0 Å². The normalized spacial score (nSPS) is 18.5. The number of rotatable bonds is 5. The molecule has 5 nitrogen and oxygen atoms in total. The van der Waals surface area contributed by atoms with Gasteiger partial charge in [0.15, 0.2) is 5.11 Å². The van der Waals surface area contributed by atoms with Gasteiger partial charge in [-0.3, -0.25) is 19.8 Å². The molecule has 0 spiro atoms. The van der Waals surface area contributed by atoms with E-state index in [4.69, 9.17) is 12.2 Å². The van der Waals surface area contributed by atoms with E-state index < -0.39 is 11.8 Å². The van der Waals surface area contributed by atoms with Crippen LogP contribution in [0.1, 0.15) is 63.3 Å². The van der Waals surface area contributed by atoms with Crippen molar-refractivity contribution >= 4 is 52.2 Å². The van der Waals surface area contributed by atoms with Gasteiger partial charge in [0.05, 0.1) is 11.2 Å². The molecule has 1 saturated heterocycles. The Morgan fingerprint density at radius 3 is 2.46 bits per heavy atom. The second kappa shape index (κ2) is 9.42. The van der Waals surface area contributed by atoms with Crippen molar-refractivity contribution in [2.75, 3.05) is 16.3 Å². The predicted octanol–water partition coefficient (Wildman–Crippen LogP) is 5.80. The Morgan fingerprint density at radius 1 is 1.06 bits per heavy atom. The summed E-state index contributed by atoms with van der Waals surface area (Å²) in [5.74, 6) is -0.874. The highest BCUT2D eigenvalue weighted by Crippen LogP contribution is 2.41. The molecule has 2 heterocycles. The predicted molar refractivity (Wildman–Crippen MR) is 149 cm³/mol. The van der Waals surface area contributed by atoms with Crippen LogP contribution in [0, 0.1) is 6.92 Å². The molecule has 0 aromatic heterocycles. The molecule has 182 valence electrons. The Morgan fingerprint density at radius 2 is 1.77 bits per heavy atom. The molecule has 0 bridgehead atoms. The van der Waals surface area contributed by atoms with Crippen LogP contribution in [0.25, 0.3) is 11.6 Å². The number of thiocarbonyl (C=S) groups is 1. The van der Waals surface area contributed by atoms with Crippen molar-refractivity contribution in [3.05, 3.63) is 70.3 Å². The summed E-state index contributed by atoms with van der Waals surface area (Å²) in [5, 5.41) is 2.82. The fraction of sp³-hybridized carbons (Fsp3) is 0.345. The van der Waals surface area contributed by atoms with Gasteiger partial charge in [0.1, 0.15) is 5.57 Å². The average molecular weight is 488 g/mol. The maximum atomic E-state index is 13.6. The Labute approximate surface area is 213 Å². The van der Waals surface area contributed by atoms with Gasteiger partial charge in [-0.05, 0) is 99.3 Å². The first-order chi connectivity index (χ1) is 16.6. The summed E-state index contributed by atoms with van der Waals surface area (Å²) in [4.78, 5) is 30.4. The van der Waals surface area contributed by atoms with Crippen molar-refractivity contribution in [2.45, 2.75) is 59.9 Å². The van der Waals surface area contributed by atoms with E-state index in [1.807, 2.05) is 38.1 Å². The standard InChI is InChI=1S/C29H33N3O2S/c1-7-13-31-25-14-18(3)21(15-22(25)19(4)17-29(31,5)6)16-23-26(33)30-28(35)32(27(23)34)24-12-10-9-11-20(24)8-2/h9-12,14-17H,7-8,13H2,1-6H3,(H,30,33,35)/b23-16-. The molecular formula is C29H33N3O2S. The SMILES string of the molecule is CCCN1c2cc(C)c(/C=C3/C(=O)NC(=S)N(c4ccccc4CC)C3=O)cc2C(C)=CC1(C)C. The number of amides is 2. The molecule has 4 rings (SSSR count). The monoisotopic (exact) mass is 487 g/mol. The fourth-order valence-corrected chi connectivity index (χ4v) is 5.37. The summed E-state index contributed by atoms with van der Waals surface area (Å²) in [5.41, 5.74) is 7.06. The zero-order chi connectivity index (χ0) is 25.5. The molecule has 0 atom stereocenters. The number of nitrogens with zero attached hydrogens (tertiary/aromatic N) is 2. The maximum Gasteiger partial charge on any atom is 0.270 e. The molecule has 1 N–H and O–H groups in total. The molecule has 0 saturated carbocycles. The third kappa shape index (κ3) is 4.43. The number of hydrogen-bond donors (Lipinski definition) is 1. The summed E-state index contributed by atoms with van der Waals surface area (Å²) in [6.45, 7) is 13.8. The van der Waals surface area contributed by atoms with Crippen LogP contribution in [0.15, 0.2) is 48.0 Å². The smallest absolute Gasteiger partial charge is 0.270 e. The zero-order valence-corrected chi connectivity index (χ0v) is 22.2. The van der Waals surface area contributed by atoms with Crippen molar-refractivity contribution in [1.82, 2.24) is 5.32 Å². The van der Waals surface area contributed by atoms with Crippen molar-refractivity contribution in [2.24, 2.45) is 0 Å². The fourth-order valence-electron chi connectivity index (χ4n) is 5.09. The molecule has 2 amide bonds. The number of allylic oxidation sites excluding steroid dienone is 1. The molecule has 2 aromatic carbocycles. The molecule has 2 aliphatic heterocycles. The first-order valence-electron chi connectivity index (χ1n) is 12.2. The summed E-state index contributed by atoms with van der Waals surface area (Å²) >= 11 is 5.40. The lowest BCUT2D eigenvalue weighted by Crippen LogP contribution is -2.54. The van der Waals surface area contributed by atoms with Gasteiger partial charge in [0, 0.05) is 17.8 Å². The largest absolute Gasteiger partial charge is 0.362 e. The first-order valence-corrected chi connectivity index (χ1v) is 12.6. The molecule has 0 aliphatic carbocycles. The molecule has 0 unspecified atom stereocenters. The number of anilines is 2. The van der Waals surface area contributed by atoms with Gasteiger partial charge in [0.25, 0.3) is 11.8 Å². The third-order valence-corrected chi connectivity index (χ3v) is 7.11. The molecule has 2 aliphatic rings. The first kappa shape index (κ1) is 24.9. The molecule has 2 aromatic rings. The minimum Gasteiger partial charge on any atom is -0.362 e. The van der Waals surface area contributed by atoms with E-state index in [9.17, 15) is 9.59 Å². The summed E-state index contributed by atoms with van der Waals surface area (Å²) in [7, 11) is 0. The second-order valence-corrected chi connectivity index (χ2v) is 10.2. The van der Waals surface area contributed by atoms with E-state index in [2.05, 4.69) is 56.1 Å². The highest BCUT2D eigenvalue weighted by molar-refractivity contribution is 7.80.